The zero-order valence-electron chi connectivity index (χ0n) is 8.53. The minimum absolute atomic E-state index is 0.0113. The van der Waals surface area contributed by atoms with E-state index in [0.29, 0.717) is 11.3 Å². The van der Waals surface area contributed by atoms with Crippen molar-refractivity contribution >= 4 is 11.4 Å². The largest absolute Gasteiger partial charge is 0.375 e. The Bertz CT molecular complexity index is 393. The fourth-order valence-electron chi connectivity index (χ4n) is 1.27. The van der Waals surface area contributed by atoms with Crippen LogP contribution in [0.5, 0.6) is 0 Å². The quantitative estimate of drug-likeness (QED) is 0.606. The van der Waals surface area contributed by atoms with Crippen LogP contribution in [-0.4, -0.2) is 19.0 Å². The summed E-state index contributed by atoms with van der Waals surface area (Å²) in [6.45, 7) is 0.0113. The highest BCUT2D eigenvalue weighted by molar-refractivity contribution is 5.56. The Hall–Kier alpha value is -1.69. The number of hydrogen-bond acceptors (Lipinski definition) is 4. The maximum Gasteiger partial charge on any atom is 0.276 e. The molecule has 0 heterocycles. The normalized spacial score (nSPS) is 10.1. The van der Waals surface area contributed by atoms with Crippen molar-refractivity contribution < 1.29 is 9.31 Å². The Morgan fingerprint density at radius 2 is 2.13 bits per heavy atom. The van der Waals surface area contributed by atoms with Gasteiger partial charge < -0.3 is 10.6 Å². The summed E-state index contributed by atoms with van der Waals surface area (Å²) in [7, 11) is 3.31. The number of rotatable bonds is 3. The number of nitro benzene ring substituents is 1. The predicted octanol–water partition coefficient (Wildman–Crippen LogP) is 1.26. The summed E-state index contributed by atoms with van der Waals surface area (Å²) in [4.78, 5) is 11.5. The number of anilines is 1. The van der Waals surface area contributed by atoms with Gasteiger partial charge in [0.25, 0.3) is 5.69 Å². The van der Waals surface area contributed by atoms with Crippen LogP contribution < -0.4 is 10.6 Å². The van der Waals surface area contributed by atoms with Crippen molar-refractivity contribution in [3.05, 3.63) is 33.6 Å². The summed E-state index contributed by atoms with van der Waals surface area (Å²) in [5, 5.41) is 10.6. The van der Waals surface area contributed by atoms with Crippen LogP contribution in [0.25, 0.3) is 0 Å². The van der Waals surface area contributed by atoms with E-state index in [4.69, 9.17) is 5.73 Å². The van der Waals surface area contributed by atoms with Crippen molar-refractivity contribution in [1.82, 2.24) is 0 Å². The van der Waals surface area contributed by atoms with Gasteiger partial charge in [0.2, 0.25) is 0 Å². The molecular formula is C9H12FN3O2. The van der Waals surface area contributed by atoms with E-state index in [-0.39, 0.29) is 12.2 Å². The molecule has 0 aromatic heterocycles. The first-order valence-electron chi connectivity index (χ1n) is 4.31. The van der Waals surface area contributed by atoms with Crippen molar-refractivity contribution in [3.8, 4) is 0 Å². The number of nitro groups is 1. The summed E-state index contributed by atoms with van der Waals surface area (Å²) in [5.74, 6) is -0.621. The number of benzene rings is 1. The topological polar surface area (TPSA) is 72.4 Å². The summed E-state index contributed by atoms with van der Waals surface area (Å²) in [6, 6.07) is 2.30. The smallest absolute Gasteiger partial charge is 0.276 e. The van der Waals surface area contributed by atoms with Gasteiger partial charge in [0, 0.05) is 26.2 Å². The van der Waals surface area contributed by atoms with Gasteiger partial charge in [-0.05, 0) is 6.07 Å². The second-order valence-electron chi connectivity index (χ2n) is 3.29. The van der Waals surface area contributed by atoms with Crippen LogP contribution in [0.15, 0.2) is 12.1 Å². The van der Waals surface area contributed by atoms with E-state index in [9.17, 15) is 14.5 Å². The fourth-order valence-corrected chi connectivity index (χ4v) is 1.27. The van der Waals surface area contributed by atoms with E-state index in [2.05, 4.69) is 0 Å². The molecule has 0 spiro atoms. The van der Waals surface area contributed by atoms with Crippen LogP contribution in [0.3, 0.4) is 0 Å². The van der Waals surface area contributed by atoms with E-state index in [1.807, 2.05) is 0 Å². The molecule has 0 saturated heterocycles. The van der Waals surface area contributed by atoms with Gasteiger partial charge in [-0.25, -0.2) is 4.39 Å². The summed E-state index contributed by atoms with van der Waals surface area (Å²) >= 11 is 0. The Morgan fingerprint density at radius 1 is 1.53 bits per heavy atom. The average Bonchev–Trinajstić information content (AvgIpc) is 2.16. The molecule has 0 radical (unpaired) electrons. The molecule has 82 valence electrons. The second kappa shape index (κ2) is 4.22. The molecule has 2 N–H and O–H groups in total. The van der Waals surface area contributed by atoms with Crippen molar-refractivity contribution in [1.29, 1.82) is 0 Å². The third-order valence-electron chi connectivity index (χ3n) is 2.05. The minimum Gasteiger partial charge on any atom is -0.375 e. The molecule has 0 saturated carbocycles. The SMILES string of the molecule is CN(C)c1cc(CN)c([N+](=O)[O-])cc1F. The first kappa shape index (κ1) is 11.4. The molecular weight excluding hydrogens is 201 g/mol. The van der Waals surface area contributed by atoms with Crippen LogP contribution >= 0.6 is 0 Å². The highest BCUT2D eigenvalue weighted by Gasteiger charge is 2.17. The maximum atomic E-state index is 13.4. The van der Waals surface area contributed by atoms with E-state index in [0.717, 1.165) is 6.07 Å². The van der Waals surface area contributed by atoms with Gasteiger partial charge in [-0.15, -0.1) is 0 Å². The predicted molar refractivity (Wildman–Crippen MR) is 55.3 cm³/mol. The van der Waals surface area contributed by atoms with Gasteiger partial charge in [0.15, 0.2) is 5.82 Å². The third-order valence-corrected chi connectivity index (χ3v) is 2.05. The molecule has 0 aliphatic carbocycles. The molecule has 0 atom stereocenters. The fraction of sp³-hybridized carbons (Fsp3) is 0.333. The van der Waals surface area contributed by atoms with Gasteiger partial charge in [0.1, 0.15) is 0 Å². The Morgan fingerprint density at radius 3 is 2.53 bits per heavy atom. The van der Waals surface area contributed by atoms with E-state index < -0.39 is 10.7 Å². The van der Waals surface area contributed by atoms with Crippen LogP contribution in [-0.2, 0) is 6.54 Å². The highest BCUT2D eigenvalue weighted by atomic mass is 19.1. The molecule has 15 heavy (non-hydrogen) atoms. The number of nitrogens with two attached hydrogens (primary N) is 1. The zero-order valence-corrected chi connectivity index (χ0v) is 8.53. The molecule has 5 nitrogen and oxygen atoms in total. The van der Waals surface area contributed by atoms with Gasteiger partial charge in [-0.3, -0.25) is 10.1 Å². The van der Waals surface area contributed by atoms with Crippen molar-refractivity contribution in [3.63, 3.8) is 0 Å². The summed E-state index contributed by atoms with van der Waals surface area (Å²) in [6.07, 6.45) is 0. The molecule has 1 aromatic carbocycles. The van der Waals surface area contributed by atoms with Crippen LogP contribution in [0.2, 0.25) is 0 Å². The molecule has 0 amide bonds. The first-order valence-corrected chi connectivity index (χ1v) is 4.31. The molecule has 6 heteroatoms. The lowest BCUT2D eigenvalue weighted by molar-refractivity contribution is -0.385. The lowest BCUT2D eigenvalue weighted by Gasteiger charge is -2.14. The minimum atomic E-state index is -0.634. The first-order chi connectivity index (χ1) is 6.97. The lowest BCUT2D eigenvalue weighted by Crippen LogP contribution is -2.13. The lowest BCUT2D eigenvalue weighted by atomic mass is 10.1. The highest BCUT2D eigenvalue weighted by Crippen LogP contribution is 2.27. The number of hydrogen-bond donors (Lipinski definition) is 1. The second-order valence-corrected chi connectivity index (χ2v) is 3.29. The standard InChI is InChI=1S/C9H12FN3O2/c1-12(2)9-3-6(5-11)8(13(14)15)4-7(9)10/h3-4H,5,11H2,1-2H3. The van der Waals surface area contributed by atoms with Crippen molar-refractivity contribution in [2.75, 3.05) is 19.0 Å². The van der Waals surface area contributed by atoms with Gasteiger partial charge >= 0.3 is 0 Å². The number of nitrogens with zero attached hydrogens (tertiary/aromatic N) is 2. The maximum absolute atomic E-state index is 13.4. The van der Waals surface area contributed by atoms with Crippen molar-refractivity contribution in [2.45, 2.75) is 6.54 Å². The molecule has 0 unspecified atom stereocenters. The van der Waals surface area contributed by atoms with Crippen LogP contribution in [0.4, 0.5) is 15.8 Å². The molecule has 1 aromatic rings. The van der Waals surface area contributed by atoms with Crippen LogP contribution in [0, 0.1) is 15.9 Å². The Balaban J connectivity index is 3.35. The van der Waals surface area contributed by atoms with Gasteiger partial charge in [-0.2, -0.15) is 0 Å². The molecule has 0 aliphatic heterocycles. The number of halogens is 1. The van der Waals surface area contributed by atoms with Crippen LogP contribution in [0.1, 0.15) is 5.56 Å². The molecule has 0 aliphatic rings. The van der Waals surface area contributed by atoms with E-state index in [1.165, 1.54) is 11.0 Å². The summed E-state index contributed by atoms with van der Waals surface area (Å²) < 4.78 is 13.4. The van der Waals surface area contributed by atoms with E-state index in [1.54, 1.807) is 14.1 Å². The Kier molecular flexibility index (Phi) is 3.21. The van der Waals surface area contributed by atoms with Gasteiger partial charge in [0.05, 0.1) is 16.7 Å². The molecule has 0 fully saturated rings. The molecule has 1 rings (SSSR count). The third kappa shape index (κ3) is 2.21. The molecule has 0 bridgehead atoms. The Labute approximate surface area is 86.4 Å². The van der Waals surface area contributed by atoms with E-state index >= 15 is 0 Å². The summed E-state index contributed by atoms with van der Waals surface area (Å²) in [5.41, 5.74) is 5.70. The monoisotopic (exact) mass is 213 g/mol. The average molecular weight is 213 g/mol. The van der Waals surface area contributed by atoms with Gasteiger partial charge in [-0.1, -0.05) is 0 Å². The van der Waals surface area contributed by atoms with Crippen molar-refractivity contribution in [2.24, 2.45) is 5.73 Å². The zero-order chi connectivity index (χ0) is 11.6.